The summed E-state index contributed by atoms with van der Waals surface area (Å²) in [5.74, 6) is 0.625. The van der Waals surface area contributed by atoms with Crippen molar-refractivity contribution in [2.75, 3.05) is 13.7 Å². The van der Waals surface area contributed by atoms with Crippen molar-refractivity contribution < 1.29 is 14.9 Å². The van der Waals surface area contributed by atoms with Gasteiger partial charge >= 0.3 is 0 Å². The summed E-state index contributed by atoms with van der Waals surface area (Å²) in [6.45, 7) is 0.275. The first-order valence-electron chi connectivity index (χ1n) is 5.09. The molecule has 3 heteroatoms. The highest BCUT2D eigenvalue weighted by Crippen LogP contribution is 2.29. The summed E-state index contributed by atoms with van der Waals surface area (Å²) in [5.41, 5.74) is 0. The average Bonchev–Trinajstić information content (AvgIpc) is 2.16. The van der Waals surface area contributed by atoms with Crippen molar-refractivity contribution in [3.05, 3.63) is 0 Å². The van der Waals surface area contributed by atoms with Gasteiger partial charge in [-0.25, -0.2) is 0 Å². The molecule has 1 aliphatic rings. The first kappa shape index (κ1) is 11.0. The third-order valence-corrected chi connectivity index (χ3v) is 2.94. The van der Waals surface area contributed by atoms with Gasteiger partial charge in [0.2, 0.25) is 0 Å². The van der Waals surface area contributed by atoms with Crippen LogP contribution < -0.4 is 0 Å². The van der Waals surface area contributed by atoms with Crippen molar-refractivity contribution in [1.82, 2.24) is 0 Å². The molecule has 0 heterocycles. The number of aliphatic hydroxyl groups is 2. The first-order valence-corrected chi connectivity index (χ1v) is 5.09. The van der Waals surface area contributed by atoms with Crippen LogP contribution >= 0.6 is 0 Å². The van der Waals surface area contributed by atoms with Crippen molar-refractivity contribution in [2.45, 2.75) is 44.3 Å². The predicted molar refractivity (Wildman–Crippen MR) is 50.5 cm³/mol. The highest BCUT2D eigenvalue weighted by atomic mass is 16.5. The number of hydrogen-bond acceptors (Lipinski definition) is 3. The Morgan fingerprint density at radius 1 is 1.38 bits per heavy atom. The maximum absolute atomic E-state index is 9.54. The van der Waals surface area contributed by atoms with Crippen LogP contribution in [0.5, 0.6) is 0 Å². The summed E-state index contributed by atoms with van der Waals surface area (Å²) in [7, 11) is 1.66. The van der Waals surface area contributed by atoms with Crippen molar-refractivity contribution in [1.29, 1.82) is 0 Å². The summed E-state index contributed by atoms with van der Waals surface area (Å²) >= 11 is 0. The van der Waals surface area contributed by atoms with Crippen molar-refractivity contribution in [3.63, 3.8) is 0 Å². The summed E-state index contributed by atoms with van der Waals surface area (Å²) < 4.78 is 5.20. The minimum absolute atomic E-state index is 0.0115. The number of aliphatic hydroxyl groups excluding tert-OH is 2. The van der Waals surface area contributed by atoms with Crippen LogP contribution in [0.4, 0.5) is 0 Å². The molecule has 3 nitrogen and oxygen atoms in total. The average molecular weight is 188 g/mol. The van der Waals surface area contributed by atoms with Crippen LogP contribution in [0.25, 0.3) is 0 Å². The largest absolute Gasteiger partial charge is 0.396 e. The molecule has 3 atom stereocenters. The van der Waals surface area contributed by atoms with Crippen molar-refractivity contribution >= 4 is 0 Å². The zero-order chi connectivity index (χ0) is 9.68. The Morgan fingerprint density at radius 2 is 2.15 bits per heavy atom. The maximum Gasteiger partial charge on any atom is 0.0832 e. The van der Waals surface area contributed by atoms with Crippen LogP contribution in [-0.4, -0.2) is 36.1 Å². The Balaban J connectivity index is 2.27. The quantitative estimate of drug-likeness (QED) is 0.690. The zero-order valence-electron chi connectivity index (χ0n) is 8.28. The van der Waals surface area contributed by atoms with Crippen molar-refractivity contribution in [3.8, 4) is 0 Å². The normalized spacial score (nSPS) is 34.8. The van der Waals surface area contributed by atoms with Gasteiger partial charge in [-0.15, -0.1) is 0 Å². The third-order valence-electron chi connectivity index (χ3n) is 2.94. The van der Waals surface area contributed by atoms with Gasteiger partial charge in [0.25, 0.3) is 0 Å². The fourth-order valence-corrected chi connectivity index (χ4v) is 2.09. The van der Waals surface area contributed by atoms with Gasteiger partial charge in [-0.1, -0.05) is 0 Å². The maximum atomic E-state index is 9.54. The van der Waals surface area contributed by atoms with E-state index in [1.807, 2.05) is 0 Å². The Kier molecular flexibility index (Phi) is 4.70. The van der Waals surface area contributed by atoms with Crippen LogP contribution in [0.15, 0.2) is 0 Å². The molecule has 1 fully saturated rings. The van der Waals surface area contributed by atoms with Crippen LogP contribution in [0.2, 0.25) is 0 Å². The smallest absolute Gasteiger partial charge is 0.0832 e. The van der Waals surface area contributed by atoms with Gasteiger partial charge in [0.05, 0.1) is 12.2 Å². The second kappa shape index (κ2) is 5.58. The van der Waals surface area contributed by atoms with Gasteiger partial charge in [0, 0.05) is 13.7 Å². The van der Waals surface area contributed by atoms with Crippen LogP contribution in [-0.2, 0) is 4.74 Å². The van der Waals surface area contributed by atoms with E-state index in [-0.39, 0.29) is 18.8 Å². The van der Waals surface area contributed by atoms with E-state index in [0.717, 1.165) is 32.1 Å². The van der Waals surface area contributed by atoms with Gasteiger partial charge in [0.15, 0.2) is 0 Å². The SMILES string of the molecule is COC1CC(CCCO)CCC1O. The lowest BCUT2D eigenvalue weighted by Crippen LogP contribution is -2.35. The van der Waals surface area contributed by atoms with E-state index < -0.39 is 0 Å². The lowest BCUT2D eigenvalue weighted by Gasteiger charge is -2.32. The molecule has 3 unspecified atom stereocenters. The van der Waals surface area contributed by atoms with E-state index in [0.29, 0.717) is 5.92 Å². The van der Waals surface area contributed by atoms with E-state index in [1.165, 1.54) is 0 Å². The van der Waals surface area contributed by atoms with E-state index in [4.69, 9.17) is 9.84 Å². The summed E-state index contributed by atoms with van der Waals surface area (Å²) in [6, 6.07) is 0. The van der Waals surface area contributed by atoms with Crippen LogP contribution in [0, 0.1) is 5.92 Å². The standard InChI is InChI=1S/C10H20O3/c1-13-10-7-8(3-2-6-11)4-5-9(10)12/h8-12H,2-7H2,1H3. The van der Waals surface area contributed by atoms with Gasteiger partial charge in [-0.3, -0.25) is 0 Å². The monoisotopic (exact) mass is 188 g/mol. The Hall–Kier alpha value is -0.120. The number of ether oxygens (including phenoxy) is 1. The molecule has 0 bridgehead atoms. The molecule has 2 N–H and O–H groups in total. The predicted octanol–water partition coefficient (Wildman–Crippen LogP) is 0.935. The minimum atomic E-state index is -0.282. The Bertz CT molecular complexity index is 136. The topological polar surface area (TPSA) is 49.7 Å². The van der Waals surface area contributed by atoms with E-state index >= 15 is 0 Å². The third kappa shape index (κ3) is 3.25. The molecule has 0 amide bonds. The summed E-state index contributed by atoms with van der Waals surface area (Å²) in [6.07, 6.45) is 4.51. The van der Waals surface area contributed by atoms with Gasteiger partial charge < -0.3 is 14.9 Å². The van der Waals surface area contributed by atoms with Crippen LogP contribution in [0.1, 0.15) is 32.1 Å². The molecule has 13 heavy (non-hydrogen) atoms. The number of methoxy groups -OCH3 is 1. The second-order valence-electron chi connectivity index (χ2n) is 3.89. The highest BCUT2D eigenvalue weighted by molar-refractivity contribution is 4.80. The van der Waals surface area contributed by atoms with Gasteiger partial charge in [0.1, 0.15) is 0 Å². The molecular formula is C10H20O3. The highest BCUT2D eigenvalue weighted by Gasteiger charge is 2.28. The summed E-state index contributed by atoms with van der Waals surface area (Å²) in [4.78, 5) is 0. The number of rotatable bonds is 4. The Labute approximate surface area is 79.7 Å². The second-order valence-corrected chi connectivity index (χ2v) is 3.89. The molecule has 1 aliphatic carbocycles. The lowest BCUT2D eigenvalue weighted by molar-refractivity contribution is -0.0518. The lowest BCUT2D eigenvalue weighted by atomic mass is 9.83. The van der Waals surface area contributed by atoms with Crippen LogP contribution in [0.3, 0.4) is 0 Å². The Morgan fingerprint density at radius 3 is 2.77 bits per heavy atom. The fraction of sp³-hybridized carbons (Fsp3) is 1.00. The molecule has 0 radical (unpaired) electrons. The molecule has 0 saturated heterocycles. The van der Waals surface area contributed by atoms with E-state index in [2.05, 4.69) is 0 Å². The molecule has 0 spiro atoms. The van der Waals surface area contributed by atoms with Gasteiger partial charge in [-0.2, -0.15) is 0 Å². The first-order chi connectivity index (χ1) is 6.27. The van der Waals surface area contributed by atoms with Gasteiger partial charge in [-0.05, 0) is 38.0 Å². The van der Waals surface area contributed by atoms with Crippen molar-refractivity contribution in [2.24, 2.45) is 5.92 Å². The molecule has 1 rings (SSSR count). The molecule has 1 saturated carbocycles. The molecule has 0 aliphatic heterocycles. The minimum Gasteiger partial charge on any atom is -0.396 e. The molecule has 0 aromatic heterocycles. The fourth-order valence-electron chi connectivity index (χ4n) is 2.09. The molecule has 0 aromatic rings. The van der Waals surface area contributed by atoms with E-state index in [9.17, 15) is 5.11 Å². The van der Waals surface area contributed by atoms with E-state index in [1.54, 1.807) is 7.11 Å². The molecular weight excluding hydrogens is 168 g/mol. The summed E-state index contributed by atoms with van der Waals surface area (Å²) in [5, 5.41) is 18.2. The number of hydrogen-bond donors (Lipinski definition) is 2. The molecule has 0 aromatic carbocycles. The molecule has 78 valence electrons. The zero-order valence-corrected chi connectivity index (χ0v) is 8.28.